The van der Waals surface area contributed by atoms with E-state index in [0.717, 1.165) is 13.0 Å². The first kappa shape index (κ1) is 15.2. The molecule has 102 valence electrons. The van der Waals surface area contributed by atoms with E-state index in [9.17, 15) is 0 Å². The number of benzene rings is 1. The monoisotopic (exact) mass is 247 g/mol. The fraction of sp³-hybridized carbons (Fsp3) is 0.647. The Hall–Kier alpha value is -0.820. The van der Waals surface area contributed by atoms with Crippen molar-refractivity contribution in [3.8, 4) is 0 Å². The van der Waals surface area contributed by atoms with Gasteiger partial charge in [0.1, 0.15) is 0 Å². The maximum atomic E-state index is 3.59. The maximum absolute atomic E-state index is 3.59. The lowest BCUT2D eigenvalue weighted by Crippen LogP contribution is -2.39. The van der Waals surface area contributed by atoms with Gasteiger partial charge in [-0.3, -0.25) is 0 Å². The largest absolute Gasteiger partial charge is 0.312 e. The van der Waals surface area contributed by atoms with Crippen molar-refractivity contribution in [3.05, 3.63) is 34.4 Å². The number of aryl methyl sites for hydroxylation is 3. The van der Waals surface area contributed by atoms with Crippen molar-refractivity contribution in [2.45, 2.75) is 60.4 Å². The minimum absolute atomic E-state index is 0.215. The van der Waals surface area contributed by atoms with E-state index >= 15 is 0 Å². The summed E-state index contributed by atoms with van der Waals surface area (Å²) in [6.45, 7) is 16.7. The van der Waals surface area contributed by atoms with Gasteiger partial charge in [-0.15, -0.1) is 0 Å². The van der Waals surface area contributed by atoms with Crippen LogP contribution in [-0.4, -0.2) is 12.1 Å². The van der Waals surface area contributed by atoms with Gasteiger partial charge in [0.2, 0.25) is 0 Å². The molecule has 0 spiro atoms. The summed E-state index contributed by atoms with van der Waals surface area (Å²) in [4.78, 5) is 0. The summed E-state index contributed by atoms with van der Waals surface area (Å²) in [6, 6.07) is 4.67. The molecule has 0 saturated heterocycles. The molecule has 18 heavy (non-hydrogen) atoms. The third-order valence-electron chi connectivity index (χ3n) is 3.50. The molecule has 0 heterocycles. The van der Waals surface area contributed by atoms with Crippen LogP contribution in [0.2, 0.25) is 0 Å². The minimum Gasteiger partial charge on any atom is -0.312 e. The first-order chi connectivity index (χ1) is 8.19. The lowest BCUT2D eigenvalue weighted by molar-refractivity contribution is 0.381. The van der Waals surface area contributed by atoms with Crippen LogP contribution in [0.25, 0.3) is 0 Å². The predicted octanol–water partition coefficient (Wildman–Crippen LogP) is 4.18. The third kappa shape index (κ3) is 4.81. The molecular formula is C17H29N. The van der Waals surface area contributed by atoms with Gasteiger partial charge in [-0.05, 0) is 82.7 Å². The summed E-state index contributed by atoms with van der Waals surface area (Å²) in [6.07, 6.45) is 1.16. The summed E-state index contributed by atoms with van der Waals surface area (Å²) in [7, 11) is 0. The Bertz CT molecular complexity index is 399. The van der Waals surface area contributed by atoms with Gasteiger partial charge in [0.25, 0.3) is 0 Å². The molecule has 0 radical (unpaired) electrons. The van der Waals surface area contributed by atoms with Crippen molar-refractivity contribution in [2.75, 3.05) is 6.54 Å². The van der Waals surface area contributed by atoms with Crippen LogP contribution in [0.5, 0.6) is 0 Å². The maximum Gasteiger partial charge on any atom is 0.00966 e. The highest BCUT2D eigenvalue weighted by Crippen LogP contribution is 2.18. The average Bonchev–Trinajstić information content (AvgIpc) is 2.22. The van der Waals surface area contributed by atoms with Crippen molar-refractivity contribution >= 4 is 0 Å². The molecule has 0 aliphatic rings. The van der Waals surface area contributed by atoms with Gasteiger partial charge in [0.15, 0.2) is 0 Å². The Morgan fingerprint density at radius 2 is 1.56 bits per heavy atom. The lowest BCUT2D eigenvalue weighted by Gasteiger charge is -2.24. The van der Waals surface area contributed by atoms with Crippen molar-refractivity contribution < 1.29 is 0 Å². The van der Waals surface area contributed by atoms with Crippen molar-refractivity contribution in [1.82, 2.24) is 5.32 Å². The summed E-state index contributed by atoms with van der Waals surface area (Å²) in [5.41, 5.74) is 5.96. The summed E-state index contributed by atoms with van der Waals surface area (Å²) in [5.74, 6) is 0.671. The van der Waals surface area contributed by atoms with Gasteiger partial charge in [0, 0.05) is 5.54 Å². The second-order valence-electron chi connectivity index (χ2n) is 6.80. The molecule has 0 aromatic heterocycles. The lowest BCUT2D eigenvalue weighted by atomic mass is 9.93. The highest BCUT2D eigenvalue weighted by Gasteiger charge is 2.12. The molecule has 1 aromatic carbocycles. The van der Waals surface area contributed by atoms with E-state index in [1.807, 2.05) is 0 Å². The zero-order valence-electron chi connectivity index (χ0n) is 13.1. The van der Waals surface area contributed by atoms with Crippen LogP contribution >= 0.6 is 0 Å². The topological polar surface area (TPSA) is 12.0 Å². The van der Waals surface area contributed by atoms with Crippen LogP contribution in [0.3, 0.4) is 0 Å². The third-order valence-corrected chi connectivity index (χ3v) is 3.50. The first-order valence-electron chi connectivity index (χ1n) is 7.01. The molecule has 0 aliphatic carbocycles. The Balaban J connectivity index is 2.65. The van der Waals surface area contributed by atoms with E-state index in [2.05, 4.69) is 65.9 Å². The van der Waals surface area contributed by atoms with E-state index < -0.39 is 0 Å². The van der Waals surface area contributed by atoms with Gasteiger partial charge in [-0.25, -0.2) is 0 Å². The van der Waals surface area contributed by atoms with E-state index in [0.29, 0.717) is 5.92 Å². The van der Waals surface area contributed by atoms with Gasteiger partial charge >= 0.3 is 0 Å². The van der Waals surface area contributed by atoms with Crippen molar-refractivity contribution in [1.29, 1.82) is 0 Å². The van der Waals surface area contributed by atoms with Crippen LogP contribution in [0.4, 0.5) is 0 Å². The molecule has 0 saturated carbocycles. The molecule has 0 fully saturated rings. The van der Waals surface area contributed by atoms with Gasteiger partial charge in [0.05, 0.1) is 0 Å². The summed E-state index contributed by atoms with van der Waals surface area (Å²) < 4.78 is 0. The average molecular weight is 247 g/mol. The molecule has 1 N–H and O–H groups in total. The van der Waals surface area contributed by atoms with Gasteiger partial charge in [-0.1, -0.05) is 19.1 Å². The van der Waals surface area contributed by atoms with Crippen molar-refractivity contribution in [2.24, 2.45) is 5.92 Å². The van der Waals surface area contributed by atoms with E-state index in [4.69, 9.17) is 0 Å². The summed E-state index contributed by atoms with van der Waals surface area (Å²) >= 11 is 0. The Morgan fingerprint density at radius 1 is 1.00 bits per heavy atom. The van der Waals surface area contributed by atoms with E-state index in [1.54, 1.807) is 0 Å². The van der Waals surface area contributed by atoms with Crippen LogP contribution in [0.15, 0.2) is 12.1 Å². The fourth-order valence-corrected chi connectivity index (χ4v) is 2.17. The molecule has 1 aromatic rings. The number of rotatable bonds is 4. The molecule has 1 nitrogen and oxygen atoms in total. The van der Waals surface area contributed by atoms with Crippen LogP contribution in [-0.2, 0) is 6.42 Å². The first-order valence-corrected chi connectivity index (χ1v) is 7.01. The van der Waals surface area contributed by atoms with E-state index in [1.165, 1.54) is 22.3 Å². The van der Waals surface area contributed by atoms with Crippen molar-refractivity contribution in [3.63, 3.8) is 0 Å². The smallest absolute Gasteiger partial charge is 0.00966 e. The SMILES string of the molecule is Cc1cc(C)c(CC(C)CNC(C)(C)C)cc1C. The number of hydrogen-bond donors (Lipinski definition) is 1. The van der Waals surface area contributed by atoms with Gasteiger partial charge in [-0.2, -0.15) is 0 Å². The Kier molecular flexibility index (Phi) is 4.98. The van der Waals surface area contributed by atoms with Gasteiger partial charge < -0.3 is 5.32 Å². The Morgan fingerprint density at radius 3 is 2.11 bits per heavy atom. The molecule has 0 amide bonds. The minimum atomic E-state index is 0.215. The van der Waals surface area contributed by atoms with Crippen LogP contribution < -0.4 is 5.32 Å². The molecule has 1 unspecified atom stereocenters. The fourth-order valence-electron chi connectivity index (χ4n) is 2.17. The molecular weight excluding hydrogens is 218 g/mol. The quantitative estimate of drug-likeness (QED) is 0.841. The molecule has 1 heteroatoms. The molecule has 0 bridgehead atoms. The standard InChI is InChI=1S/C17H29N/c1-12(11-18-17(5,6)7)8-16-10-14(3)13(2)9-15(16)4/h9-10,12,18H,8,11H2,1-7H3. The normalized spacial score (nSPS) is 13.7. The van der Waals surface area contributed by atoms with E-state index in [-0.39, 0.29) is 5.54 Å². The highest BCUT2D eigenvalue weighted by molar-refractivity contribution is 5.36. The molecule has 1 atom stereocenters. The summed E-state index contributed by atoms with van der Waals surface area (Å²) in [5, 5.41) is 3.59. The second kappa shape index (κ2) is 5.88. The second-order valence-corrected chi connectivity index (χ2v) is 6.80. The molecule has 0 aliphatic heterocycles. The highest BCUT2D eigenvalue weighted by atomic mass is 14.9. The number of hydrogen-bond acceptors (Lipinski definition) is 1. The van der Waals surface area contributed by atoms with Crippen LogP contribution in [0, 0.1) is 26.7 Å². The molecule has 1 rings (SSSR count). The predicted molar refractivity (Wildman–Crippen MR) is 81.3 cm³/mol. The number of nitrogens with one attached hydrogen (secondary N) is 1. The zero-order chi connectivity index (χ0) is 13.9. The Labute approximate surface area is 113 Å². The zero-order valence-corrected chi connectivity index (χ0v) is 13.1. The van der Waals surface area contributed by atoms with Crippen LogP contribution in [0.1, 0.15) is 49.9 Å².